The first-order valence-electron chi connectivity index (χ1n) is 4.99. The van der Waals surface area contributed by atoms with E-state index in [0.29, 0.717) is 17.4 Å². The highest BCUT2D eigenvalue weighted by molar-refractivity contribution is 5.78. The quantitative estimate of drug-likeness (QED) is 0.768. The van der Waals surface area contributed by atoms with Crippen molar-refractivity contribution in [3.05, 3.63) is 41.6 Å². The molecule has 1 aromatic heterocycles. The van der Waals surface area contributed by atoms with E-state index in [1.807, 2.05) is 0 Å². The largest absolute Gasteiger partial charge is 0.298 e. The Hall–Kier alpha value is -2.04. The number of aldehydes is 1. The Morgan fingerprint density at radius 1 is 1.41 bits per heavy atom. The summed E-state index contributed by atoms with van der Waals surface area (Å²) < 4.78 is 26.9. The van der Waals surface area contributed by atoms with E-state index >= 15 is 0 Å². The molecule has 0 aliphatic carbocycles. The maximum atomic E-state index is 12.8. The van der Waals surface area contributed by atoms with Crippen molar-refractivity contribution in [3.63, 3.8) is 0 Å². The normalized spacial score (nSPS) is 10.8. The van der Waals surface area contributed by atoms with Gasteiger partial charge in [-0.25, -0.2) is 8.78 Å². The van der Waals surface area contributed by atoms with Crippen LogP contribution in [0.3, 0.4) is 0 Å². The van der Waals surface area contributed by atoms with Crippen LogP contribution in [0.4, 0.5) is 8.78 Å². The van der Waals surface area contributed by atoms with Gasteiger partial charge in [0.15, 0.2) is 0 Å². The van der Waals surface area contributed by atoms with E-state index in [9.17, 15) is 13.6 Å². The highest BCUT2D eigenvalue weighted by Crippen LogP contribution is 2.29. The number of aryl methyl sites for hydroxylation is 1. The van der Waals surface area contributed by atoms with Crippen molar-refractivity contribution in [3.8, 4) is 11.3 Å². The van der Waals surface area contributed by atoms with Gasteiger partial charge in [0.25, 0.3) is 6.43 Å². The number of rotatable bonds is 3. The number of carbonyl (C=O) groups is 1. The molecule has 0 saturated carbocycles. The van der Waals surface area contributed by atoms with Crippen LogP contribution in [0.25, 0.3) is 11.3 Å². The summed E-state index contributed by atoms with van der Waals surface area (Å²) in [6.07, 6.45) is -0.624. The van der Waals surface area contributed by atoms with Crippen molar-refractivity contribution >= 4 is 6.29 Å². The van der Waals surface area contributed by atoms with Gasteiger partial charge in [-0.2, -0.15) is 5.10 Å². The fourth-order valence-electron chi connectivity index (χ4n) is 1.65. The average Bonchev–Trinajstić information content (AvgIpc) is 2.72. The minimum Gasteiger partial charge on any atom is -0.298 e. The molecule has 0 atom stereocenters. The lowest BCUT2D eigenvalue weighted by Gasteiger charge is -2.01. The van der Waals surface area contributed by atoms with E-state index in [1.54, 1.807) is 31.3 Å². The fraction of sp³-hybridized carbons (Fsp3) is 0.167. The van der Waals surface area contributed by atoms with Crippen molar-refractivity contribution in [2.75, 3.05) is 0 Å². The third-order valence-electron chi connectivity index (χ3n) is 2.39. The highest BCUT2D eigenvalue weighted by atomic mass is 19.3. The fourth-order valence-corrected chi connectivity index (χ4v) is 1.65. The summed E-state index contributed by atoms with van der Waals surface area (Å²) >= 11 is 0. The van der Waals surface area contributed by atoms with Crippen molar-refractivity contribution in [1.29, 1.82) is 0 Å². The van der Waals surface area contributed by atoms with Gasteiger partial charge in [0.05, 0.1) is 5.56 Å². The molecule has 0 radical (unpaired) electrons. The molecule has 0 N–H and O–H groups in total. The Morgan fingerprint density at radius 2 is 2.18 bits per heavy atom. The number of aromatic nitrogens is 2. The van der Waals surface area contributed by atoms with Gasteiger partial charge in [-0.15, -0.1) is 0 Å². The predicted molar refractivity (Wildman–Crippen MR) is 59.0 cm³/mol. The van der Waals surface area contributed by atoms with Crippen LogP contribution >= 0.6 is 0 Å². The Balaban J connectivity index is 2.55. The molecule has 3 nitrogen and oxygen atoms in total. The van der Waals surface area contributed by atoms with Crippen LogP contribution in [0.5, 0.6) is 0 Å². The molecule has 0 saturated heterocycles. The maximum Gasteiger partial charge on any atom is 0.267 e. The Kier molecular flexibility index (Phi) is 2.99. The van der Waals surface area contributed by atoms with Gasteiger partial charge in [-0.3, -0.25) is 9.48 Å². The smallest absolute Gasteiger partial charge is 0.267 e. The van der Waals surface area contributed by atoms with Gasteiger partial charge in [-0.1, -0.05) is 18.2 Å². The summed E-state index contributed by atoms with van der Waals surface area (Å²) in [5.41, 5.74) is 1.04. The summed E-state index contributed by atoms with van der Waals surface area (Å²) in [6, 6.07) is 6.45. The van der Waals surface area contributed by atoms with Crippen molar-refractivity contribution in [2.24, 2.45) is 7.05 Å². The first kappa shape index (κ1) is 11.4. The molecular weight excluding hydrogens is 226 g/mol. The molecule has 0 amide bonds. The molecule has 0 bridgehead atoms. The number of carbonyl (C=O) groups excluding carboxylic acids is 1. The lowest BCUT2D eigenvalue weighted by Crippen LogP contribution is -1.89. The van der Waals surface area contributed by atoms with Crippen LogP contribution in [0.2, 0.25) is 0 Å². The Bertz CT molecular complexity index is 549. The third kappa shape index (κ3) is 2.22. The van der Waals surface area contributed by atoms with Crippen LogP contribution in [-0.2, 0) is 7.05 Å². The Labute approximate surface area is 96.7 Å². The van der Waals surface area contributed by atoms with Gasteiger partial charge in [0, 0.05) is 24.4 Å². The lowest BCUT2D eigenvalue weighted by atomic mass is 10.1. The minimum absolute atomic E-state index is 0.129. The third-order valence-corrected chi connectivity index (χ3v) is 2.39. The first-order valence-corrected chi connectivity index (χ1v) is 4.99. The second-order valence-electron chi connectivity index (χ2n) is 3.65. The number of hydrogen-bond donors (Lipinski definition) is 0. The summed E-state index contributed by atoms with van der Waals surface area (Å²) in [6.45, 7) is 0. The first-order chi connectivity index (χ1) is 8.11. The molecule has 88 valence electrons. The SMILES string of the molecule is Cn1cc(C(F)F)c(-c2cccc(C=O)c2)n1. The van der Waals surface area contributed by atoms with Gasteiger partial charge in [0.2, 0.25) is 0 Å². The molecule has 17 heavy (non-hydrogen) atoms. The molecule has 2 aromatic rings. The molecule has 0 aliphatic heterocycles. The molecule has 2 rings (SSSR count). The zero-order valence-corrected chi connectivity index (χ0v) is 9.10. The van der Waals surface area contributed by atoms with Crippen LogP contribution < -0.4 is 0 Å². The molecule has 5 heteroatoms. The van der Waals surface area contributed by atoms with E-state index in [4.69, 9.17) is 0 Å². The van der Waals surface area contributed by atoms with Crippen LogP contribution in [-0.4, -0.2) is 16.1 Å². The zero-order valence-electron chi connectivity index (χ0n) is 9.10. The number of alkyl halides is 2. The molecular formula is C12H10F2N2O. The molecule has 0 aliphatic rings. The summed E-state index contributed by atoms with van der Waals surface area (Å²) in [5, 5.41) is 4.00. The number of halogens is 2. The highest BCUT2D eigenvalue weighted by Gasteiger charge is 2.18. The summed E-state index contributed by atoms with van der Waals surface area (Å²) in [4.78, 5) is 10.6. The lowest BCUT2D eigenvalue weighted by molar-refractivity contribution is 0.112. The monoisotopic (exact) mass is 236 g/mol. The van der Waals surface area contributed by atoms with Crippen molar-refractivity contribution in [2.45, 2.75) is 6.43 Å². The minimum atomic E-state index is -2.58. The van der Waals surface area contributed by atoms with Crippen molar-refractivity contribution < 1.29 is 13.6 Å². The van der Waals surface area contributed by atoms with Gasteiger partial charge in [0.1, 0.15) is 12.0 Å². The predicted octanol–water partition coefficient (Wildman–Crippen LogP) is 2.84. The number of nitrogens with zero attached hydrogens (tertiary/aromatic N) is 2. The maximum absolute atomic E-state index is 12.8. The second kappa shape index (κ2) is 4.45. The van der Waals surface area contributed by atoms with E-state index < -0.39 is 6.43 Å². The van der Waals surface area contributed by atoms with E-state index in [2.05, 4.69) is 5.10 Å². The number of benzene rings is 1. The standard InChI is InChI=1S/C12H10F2N2O/c1-16-6-10(12(13)14)11(15-16)9-4-2-3-8(5-9)7-17/h2-7,12H,1H3. The zero-order chi connectivity index (χ0) is 12.4. The molecule has 0 fully saturated rings. The summed E-state index contributed by atoms with van der Waals surface area (Å²) in [5.74, 6) is 0. The second-order valence-corrected chi connectivity index (χ2v) is 3.65. The molecule has 1 aromatic carbocycles. The van der Waals surface area contributed by atoms with E-state index in [-0.39, 0.29) is 11.3 Å². The summed E-state index contributed by atoms with van der Waals surface area (Å²) in [7, 11) is 1.58. The van der Waals surface area contributed by atoms with E-state index in [0.717, 1.165) is 0 Å². The van der Waals surface area contributed by atoms with Gasteiger partial charge < -0.3 is 0 Å². The average molecular weight is 236 g/mol. The van der Waals surface area contributed by atoms with Gasteiger partial charge >= 0.3 is 0 Å². The Morgan fingerprint density at radius 3 is 2.82 bits per heavy atom. The molecule has 0 spiro atoms. The number of hydrogen-bond acceptors (Lipinski definition) is 2. The topological polar surface area (TPSA) is 34.9 Å². The van der Waals surface area contributed by atoms with Crippen molar-refractivity contribution in [1.82, 2.24) is 9.78 Å². The van der Waals surface area contributed by atoms with Crippen LogP contribution in [0.15, 0.2) is 30.5 Å². The van der Waals surface area contributed by atoms with E-state index in [1.165, 1.54) is 10.9 Å². The van der Waals surface area contributed by atoms with Crippen LogP contribution in [0.1, 0.15) is 22.3 Å². The molecule has 1 heterocycles. The van der Waals surface area contributed by atoms with Crippen LogP contribution in [0, 0.1) is 0 Å². The molecule has 0 unspecified atom stereocenters. The van der Waals surface area contributed by atoms with Gasteiger partial charge in [-0.05, 0) is 6.07 Å².